The van der Waals surface area contributed by atoms with Gasteiger partial charge in [-0.3, -0.25) is 14.2 Å². The quantitative estimate of drug-likeness (QED) is 0.440. The third-order valence-electron chi connectivity index (χ3n) is 5.69. The van der Waals surface area contributed by atoms with Gasteiger partial charge in [-0.2, -0.15) is 5.26 Å². The van der Waals surface area contributed by atoms with Gasteiger partial charge in [0.2, 0.25) is 11.7 Å². The molecule has 35 heavy (non-hydrogen) atoms. The molecule has 1 heterocycles. The van der Waals surface area contributed by atoms with Gasteiger partial charge in [-0.25, -0.2) is 0 Å². The van der Waals surface area contributed by atoms with Crippen molar-refractivity contribution >= 4 is 5.78 Å². The van der Waals surface area contributed by atoms with Crippen LogP contribution < -0.4 is 19.8 Å². The molecule has 0 atom stereocenters. The molecule has 1 aromatic heterocycles. The summed E-state index contributed by atoms with van der Waals surface area (Å²) in [6.45, 7) is 3.90. The summed E-state index contributed by atoms with van der Waals surface area (Å²) in [6, 6.07) is 13.9. The first-order chi connectivity index (χ1) is 16.9. The van der Waals surface area contributed by atoms with Gasteiger partial charge in [0.05, 0.1) is 32.0 Å². The van der Waals surface area contributed by atoms with Crippen LogP contribution in [0.3, 0.4) is 0 Å². The van der Waals surface area contributed by atoms with Crippen LogP contribution in [0.4, 0.5) is 0 Å². The minimum absolute atomic E-state index is 0.0450. The first-order valence-corrected chi connectivity index (χ1v) is 11.2. The number of aryl methyl sites for hydroxylation is 1. The summed E-state index contributed by atoms with van der Waals surface area (Å²) in [5.74, 6) is 0.461. The maximum absolute atomic E-state index is 13.5. The van der Waals surface area contributed by atoms with Crippen molar-refractivity contribution in [2.45, 2.75) is 33.2 Å². The smallest absolute Gasteiger partial charge is 0.271 e. The summed E-state index contributed by atoms with van der Waals surface area (Å²) in [5.41, 5.74) is 0.252. The summed E-state index contributed by atoms with van der Waals surface area (Å²) < 4.78 is 17.3. The number of benzene rings is 2. The zero-order valence-corrected chi connectivity index (χ0v) is 20.3. The number of aromatic nitrogens is 1. The fraction of sp³-hybridized carbons (Fsp3) is 0.296. The molecule has 0 radical (unpaired) electrons. The average molecular weight is 477 g/mol. The topological polar surface area (TPSA) is 111 Å². The molecule has 0 fully saturated rings. The van der Waals surface area contributed by atoms with Gasteiger partial charge in [0.1, 0.15) is 17.4 Å². The number of ether oxygens (including phenoxy) is 3. The molecule has 0 bridgehead atoms. The molecule has 3 aromatic rings. The van der Waals surface area contributed by atoms with E-state index in [1.165, 1.54) is 21.1 Å². The number of carbonyl (C=O) groups excluding carboxylic acids is 1. The standard InChI is InChI=1S/C27H28N2O6/c1-5-14-35-21-9-7-6-8-19(21)25(30)24-17(2)20(16-28)26(31)29(27(24)32)13-12-18-10-11-22(33-3)23(15-18)34-4/h6-11,15,32H,5,12-14H2,1-4H3. The van der Waals surface area contributed by atoms with E-state index in [2.05, 4.69) is 0 Å². The molecule has 0 amide bonds. The maximum atomic E-state index is 13.5. The predicted molar refractivity (Wildman–Crippen MR) is 131 cm³/mol. The molecule has 1 N–H and O–H groups in total. The second kappa shape index (κ2) is 11.3. The summed E-state index contributed by atoms with van der Waals surface area (Å²) in [7, 11) is 3.06. The average Bonchev–Trinajstić information content (AvgIpc) is 2.87. The van der Waals surface area contributed by atoms with Crippen LogP contribution in [0.1, 0.15) is 46.0 Å². The van der Waals surface area contributed by atoms with E-state index in [0.29, 0.717) is 30.3 Å². The first-order valence-electron chi connectivity index (χ1n) is 11.2. The number of aromatic hydroxyl groups is 1. The molecule has 8 nitrogen and oxygen atoms in total. The van der Waals surface area contributed by atoms with Gasteiger partial charge in [-0.15, -0.1) is 0 Å². The van der Waals surface area contributed by atoms with E-state index in [9.17, 15) is 20.0 Å². The molecule has 8 heteroatoms. The third-order valence-corrected chi connectivity index (χ3v) is 5.69. The monoisotopic (exact) mass is 476 g/mol. The summed E-state index contributed by atoms with van der Waals surface area (Å²) >= 11 is 0. The van der Waals surface area contributed by atoms with Crippen LogP contribution in [0, 0.1) is 18.3 Å². The molecule has 0 unspecified atom stereocenters. The van der Waals surface area contributed by atoms with Gasteiger partial charge in [-0.1, -0.05) is 25.1 Å². The molecule has 0 aliphatic rings. The van der Waals surface area contributed by atoms with Crippen LogP contribution in [-0.2, 0) is 13.0 Å². The van der Waals surface area contributed by atoms with Gasteiger partial charge in [0.15, 0.2) is 11.5 Å². The number of methoxy groups -OCH3 is 2. The number of para-hydroxylation sites is 1. The Balaban J connectivity index is 2.06. The molecule has 182 valence electrons. The number of hydrogen-bond acceptors (Lipinski definition) is 7. The number of ketones is 1. The van der Waals surface area contributed by atoms with Crippen LogP contribution in [0.2, 0.25) is 0 Å². The lowest BCUT2D eigenvalue weighted by molar-refractivity contribution is 0.103. The second-order valence-electron chi connectivity index (χ2n) is 7.88. The third kappa shape index (κ3) is 5.14. The highest BCUT2D eigenvalue weighted by molar-refractivity contribution is 6.13. The Bertz CT molecular complexity index is 1340. The minimum atomic E-state index is -0.657. The van der Waals surface area contributed by atoms with Crippen molar-refractivity contribution in [1.82, 2.24) is 4.57 Å². The SMILES string of the molecule is CCCOc1ccccc1C(=O)c1c(C)c(C#N)c(=O)n(CCc2ccc(OC)c(OC)c2)c1O. The van der Waals surface area contributed by atoms with Gasteiger partial charge in [-0.05, 0) is 55.2 Å². The van der Waals surface area contributed by atoms with E-state index in [0.717, 1.165) is 16.6 Å². The number of pyridine rings is 1. The van der Waals surface area contributed by atoms with Crippen molar-refractivity contribution < 1.29 is 24.1 Å². The minimum Gasteiger partial charge on any atom is -0.494 e. The van der Waals surface area contributed by atoms with Crippen LogP contribution in [0.25, 0.3) is 0 Å². The lowest BCUT2D eigenvalue weighted by Gasteiger charge is -2.17. The molecule has 0 saturated carbocycles. The van der Waals surface area contributed by atoms with Crippen molar-refractivity contribution in [3.63, 3.8) is 0 Å². The fourth-order valence-corrected chi connectivity index (χ4v) is 3.83. The number of nitrogens with zero attached hydrogens (tertiary/aromatic N) is 2. The van der Waals surface area contributed by atoms with Crippen molar-refractivity contribution in [2.24, 2.45) is 0 Å². The number of rotatable bonds is 10. The van der Waals surface area contributed by atoms with Crippen molar-refractivity contribution in [3.8, 4) is 29.2 Å². The Morgan fingerprint density at radius 2 is 1.80 bits per heavy atom. The van der Waals surface area contributed by atoms with E-state index < -0.39 is 17.2 Å². The highest BCUT2D eigenvalue weighted by atomic mass is 16.5. The molecule has 2 aromatic carbocycles. The zero-order valence-electron chi connectivity index (χ0n) is 20.3. The normalized spacial score (nSPS) is 10.5. The van der Waals surface area contributed by atoms with Crippen LogP contribution in [0.5, 0.6) is 23.1 Å². The predicted octanol–water partition coefficient (Wildman–Crippen LogP) is 4.01. The number of carbonyl (C=O) groups is 1. The van der Waals surface area contributed by atoms with E-state index in [-0.39, 0.29) is 28.8 Å². The van der Waals surface area contributed by atoms with Crippen molar-refractivity contribution in [2.75, 3.05) is 20.8 Å². The Kier molecular flexibility index (Phi) is 8.16. The van der Waals surface area contributed by atoms with Crippen molar-refractivity contribution in [3.05, 3.63) is 80.6 Å². The van der Waals surface area contributed by atoms with Crippen LogP contribution >= 0.6 is 0 Å². The summed E-state index contributed by atoms with van der Waals surface area (Å²) in [5, 5.41) is 20.7. The highest BCUT2D eigenvalue weighted by Crippen LogP contribution is 2.30. The fourth-order valence-electron chi connectivity index (χ4n) is 3.83. The molecule has 3 rings (SSSR count). The number of nitriles is 1. The van der Waals surface area contributed by atoms with Crippen LogP contribution in [-0.4, -0.2) is 36.3 Å². The Hall–Kier alpha value is -4.25. The van der Waals surface area contributed by atoms with Gasteiger partial charge in [0, 0.05) is 6.54 Å². The van der Waals surface area contributed by atoms with Crippen LogP contribution in [0.15, 0.2) is 47.3 Å². The largest absolute Gasteiger partial charge is 0.494 e. The number of hydrogen-bond donors (Lipinski definition) is 1. The molecular weight excluding hydrogens is 448 g/mol. The molecule has 0 aliphatic heterocycles. The van der Waals surface area contributed by atoms with Crippen molar-refractivity contribution in [1.29, 1.82) is 5.26 Å². The summed E-state index contributed by atoms with van der Waals surface area (Å²) in [6.07, 6.45) is 1.10. The van der Waals surface area contributed by atoms with E-state index >= 15 is 0 Å². The second-order valence-corrected chi connectivity index (χ2v) is 7.88. The zero-order chi connectivity index (χ0) is 25.5. The molecule has 0 spiro atoms. The van der Waals surface area contributed by atoms with Gasteiger partial charge < -0.3 is 19.3 Å². The Labute approximate surface area is 203 Å². The van der Waals surface area contributed by atoms with E-state index in [1.807, 2.05) is 19.1 Å². The highest BCUT2D eigenvalue weighted by Gasteiger charge is 2.26. The maximum Gasteiger partial charge on any atom is 0.271 e. The Morgan fingerprint density at radius 1 is 1.09 bits per heavy atom. The lowest BCUT2D eigenvalue weighted by atomic mass is 9.96. The molecule has 0 saturated heterocycles. The van der Waals surface area contributed by atoms with Gasteiger partial charge >= 0.3 is 0 Å². The van der Waals surface area contributed by atoms with E-state index in [4.69, 9.17) is 14.2 Å². The molecular formula is C27H28N2O6. The lowest BCUT2D eigenvalue weighted by Crippen LogP contribution is -2.27. The first kappa shape index (κ1) is 25.4. The Morgan fingerprint density at radius 3 is 2.46 bits per heavy atom. The summed E-state index contributed by atoms with van der Waals surface area (Å²) in [4.78, 5) is 26.5. The molecule has 0 aliphatic carbocycles. The van der Waals surface area contributed by atoms with Gasteiger partial charge in [0.25, 0.3) is 5.56 Å². The van der Waals surface area contributed by atoms with E-state index in [1.54, 1.807) is 36.4 Å².